The molecule has 0 saturated carbocycles. The summed E-state index contributed by atoms with van der Waals surface area (Å²) in [5.74, 6) is 0.211. The van der Waals surface area contributed by atoms with Crippen molar-refractivity contribution in [3.05, 3.63) is 34.9 Å². The first-order chi connectivity index (χ1) is 8.19. The Labute approximate surface area is 111 Å². The highest BCUT2D eigenvalue weighted by atomic mass is 16.1. The van der Waals surface area contributed by atoms with E-state index < -0.39 is 0 Å². The molecule has 2 heteroatoms. The number of aryl methyl sites for hydroxylation is 2. The molecule has 0 aliphatic heterocycles. The first kappa shape index (κ1) is 14.9. The topological polar surface area (TPSA) is 20.3 Å². The van der Waals surface area contributed by atoms with Crippen LogP contribution in [-0.2, 0) is 0 Å². The van der Waals surface area contributed by atoms with E-state index in [0.717, 1.165) is 23.2 Å². The van der Waals surface area contributed by atoms with Crippen molar-refractivity contribution in [2.75, 3.05) is 20.1 Å². The normalized spacial score (nSPS) is 11.9. The summed E-state index contributed by atoms with van der Waals surface area (Å²) in [6.45, 7) is 12.0. The lowest BCUT2D eigenvalue weighted by Gasteiger charge is -2.26. The Bertz CT molecular complexity index is 429. The number of carbonyl (C=O) groups excluding carboxylic acids is 1. The molecule has 0 bridgehead atoms. The Morgan fingerprint density at radius 2 is 1.83 bits per heavy atom. The van der Waals surface area contributed by atoms with Crippen molar-refractivity contribution in [3.63, 3.8) is 0 Å². The van der Waals surface area contributed by atoms with Crippen molar-refractivity contribution in [3.8, 4) is 0 Å². The molecule has 1 aromatic rings. The monoisotopic (exact) mass is 247 g/mol. The van der Waals surface area contributed by atoms with Crippen LogP contribution in [0.25, 0.3) is 0 Å². The Morgan fingerprint density at radius 3 is 2.39 bits per heavy atom. The summed E-state index contributed by atoms with van der Waals surface area (Å²) in [5, 5.41) is 0. The third-order valence-electron chi connectivity index (χ3n) is 2.85. The predicted octanol–water partition coefficient (Wildman–Crippen LogP) is 3.46. The lowest BCUT2D eigenvalue weighted by Crippen LogP contribution is -2.33. The minimum absolute atomic E-state index is 0.211. The van der Waals surface area contributed by atoms with Gasteiger partial charge in [0, 0.05) is 12.1 Å². The van der Waals surface area contributed by atoms with Gasteiger partial charge >= 0.3 is 0 Å². The number of benzene rings is 1. The lowest BCUT2D eigenvalue weighted by atomic mass is 9.95. The highest BCUT2D eigenvalue weighted by molar-refractivity contribution is 5.99. The molecule has 0 radical (unpaired) electrons. The average molecular weight is 247 g/mol. The molecule has 18 heavy (non-hydrogen) atoms. The van der Waals surface area contributed by atoms with Crippen LogP contribution >= 0.6 is 0 Å². The number of hydrogen-bond donors (Lipinski definition) is 0. The zero-order valence-corrected chi connectivity index (χ0v) is 12.5. The fourth-order valence-corrected chi connectivity index (χ4v) is 2.23. The summed E-state index contributed by atoms with van der Waals surface area (Å²) >= 11 is 0. The van der Waals surface area contributed by atoms with Crippen LogP contribution in [0.1, 0.15) is 42.3 Å². The molecule has 0 heterocycles. The molecule has 100 valence electrons. The van der Waals surface area contributed by atoms with Crippen molar-refractivity contribution in [2.24, 2.45) is 5.41 Å². The number of Topliss-reactive ketones (excluding diaryl/α,β-unsaturated/α-hetero) is 1. The van der Waals surface area contributed by atoms with Crippen LogP contribution in [0.15, 0.2) is 18.2 Å². The van der Waals surface area contributed by atoms with Crippen LogP contribution in [0.4, 0.5) is 0 Å². The molecule has 0 aromatic heterocycles. The maximum atomic E-state index is 12.3. The van der Waals surface area contributed by atoms with Crippen molar-refractivity contribution < 1.29 is 4.79 Å². The quantitative estimate of drug-likeness (QED) is 0.759. The Kier molecular flexibility index (Phi) is 4.69. The molecule has 0 amide bonds. The van der Waals surface area contributed by atoms with Crippen molar-refractivity contribution in [1.82, 2.24) is 4.90 Å². The molecule has 0 saturated heterocycles. The Hall–Kier alpha value is -1.15. The maximum absolute atomic E-state index is 12.3. The van der Waals surface area contributed by atoms with Crippen LogP contribution in [0.2, 0.25) is 0 Å². The van der Waals surface area contributed by atoms with Gasteiger partial charge in [0.1, 0.15) is 0 Å². The highest BCUT2D eigenvalue weighted by Gasteiger charge is 2.17. The largest absolute Gasteiger partial charge is 0.298 e. The van der Waals surface area contributed by atoms with Gasteiger partial charge in [0.15, 0.2) is 5.78 Å². The van der Waals surface area contributed by atoms with Crippen LogP contribution in [0.5, 0.6) is 0 Å². The molecule has 0 aliphatic rings. The second-order valence-corrected chi connectivity index (χ2v) is 6.47. The molecule has 0 atom stereocenters. The number of hydrogen-bond acceptors (Lipinski definition) is 2. The second-order valence-electron chi connectivity index (χ2n) is 6.47. The summed E-state index contributed by atoms with van der Waals surface area (Å²) in [4.78, 5) is 14.4. The smallest absolute Gasteiger partial charge is 0.177 e. The van der Waals surface area contributed by atoms with E-state index in [1.807, 2.05) is 39.1 Å². The third-order valence-corrected chi connectivity index (χ3v) is 2.85. The molecule has 0 spiro atoms. The molecular formula is C16H25NO. The summed E-state index contributed by atoms with van der Waals surface area (Å²) in [5.41, 5.74) is 3.28. The Morgan fingerprint density at radius 1 is 1.22 bits per heavy atom. The van der Waals surface area contributed by atoms with Crippen LogP contribution in [0.3, 0.4) is 0 Å². The van der Waals surface area contributed by atoms with Gasteiger partial charge in [0.25, 0.3) is 0 Å². The van der Waals surface area contributed by atoms with Crippen LogP contribution in [0, 0.1) is 19.3 Å². The van der Waals surface area contributed by atoms with Gasteiger partial charge < -0.3 is 0 Å². The van der Waals surface area contributed by atoms with E-state index in [9.17, 15) is 4.79 Å². The Balaban J connectivity index is 2.74. The standard InChI is InChI=1S/C16H25NO/c1-12-7-8-13(2)14(9-12)15(18)10-17(6)11-16(3,4)5/h7-9H,10-11H2,1-6H3. The summed E-state index contributed by atoms with van der Waals surface area (Å²) in [6.07, 6.45) is 0. The zero-order chi connectivity index (χ0) is 13.9. The minimum Gasteiger partial charge on any atom is -0.298 e. The fourth-order valence-electron chi connectivity index (χ4n) is 2.23. The van der Waals surface area contributed by atoms with Gasteiger partial charge in [-0.3, -0.25) is 9.69 Å². The van der Waals surface area contributed by atoms with Gasteiger partial charge in [-0.25, -0.2) is 0 Å². The van der Waals surface area contributed by atoms with Gasteiger partial charge in [-0.1, -0.05) is 38.5 Å². The summed E-state index contributed by atoms with van der Waals surface area (Å²) in [6, 6.07) is 6.06. The van der Waals surface area contributed by atoms with E-state index in [1.165, 1.54) is 0 Å². The minimum atomic E-state index is 0.211. The fraction of sp³-hybridized carbons (Fsp3) is 0.562. The predicted molar refractivity (Wildman–Crippen MR) is 77.2 cm³/mol. The molecular weight excluding hydrogens is 222 g/mol. The van der Waals surface area contributed by atoms with E-state index in [4.69, 9.17) is 0 Å². The van der Waals surface area contributed by atoms with E-state index in [0.29, 0.717) is 6.54 Å². The van der Waals surface area contributed by atoms with E-state index in [-0.39, 0.29) is 11.2 Å². The lowest BCUT2D eigenvalue weighted by molar-refractivity contribution is 0.0926. The summed E-state index contributed by atoms with van der Waals surface area (Å²) in [7, 11) is 2.01. The molecule has 1 rings (SSSR count). The molecule has 0 N–H and O–H groups in total. The number of likely N-dealkylation sites (N-methyl/N-ethyl adjacent to an activating group) is 1. The molecule has 0 fully saturated rings. The number of rotatable bonds is 4. The van der Waals surface area contributed by atoms with Gasteiger partial charge in [-0.2, -0.15) is 0 Å². The van der Waals surface area contributed by atoms with Gasteiger partial charge in [0.2, 0.25) is 0 Å². The van der Waals surface area contributed by atoms with Crippen molar-refractivity contribution >= 4 is 5.78 Å². The first-order valence-electron chi connectivity index (χ1n) is 6.48. The molecule has 1 aromatic carbocycles. The number of nitrogens with zero attached hydrogens (tertiary/aromatic N) is 1. The van der Waals surface area contributed by atoms with E-state index in [2.05, 4.69) is 25.7 Å². The first-order valence-corrected chi connectivity index (χ1v) is 6.48. The summed E-state index contributed by atoms with van der Waals surface area (Å²) < 4.78 is 0. The van der Waals surface area contributed by atoms with E-state index >= 15 is 0 Å². The number of carbonyl (C=O) groups is 1. The van der Waals surface area contributed by atoms with Crippen molar-refractivity contribution in [1.29, 1.82) is 0 Å². The highest BCUT2D eigenvalue weighted by Crippen LogP contribution is 2.16. The van der Waals surface area contributed by atoms with Gasteiger partial charge in [-0.05, 0) is 37.9 Å². The van der Waals surface area contributed by atoms with E-state index in [1.54, 1.807) is 0 Å². The zero-order valence-electron chi connectivity index (χ0n) is 12.5. The number of ketones is 1. The molecule has 2 nitrogen and oxygen atoms in total. The van der Waals surface area contributed by atoms with Crippen molar-refractivity contribution in [2.45, 2.75) is 34.6 Å². The molecule has 0 aliphatic carbocycles. The van der Waals surface area contributed by atoms with Gasteiger partial charge in [-0.15, -0.1) is 0 Å². The van der Waals surface area contributed by atoms with Crippen LogP contribution < -0.4 is 0 Å². The van der Waals surface area contributed by atoms with Crippen LogP contribution in [-0.4, -0.2) is 30.8 Å². The average Bonchev–Trinajstić information content (AvgIpc) is 2.18. The third kappa shape index (κ3) is 4.61. The SMILES string of the molecule is Cc1ccc(C)c(C(=O)CN(C)CC(C)(C)C)c1. The maximum Gasteiger partial charge on any atom is 0.177 e. The van der Waals surface area contributed by atoms with Gasteiger partial charge in [0.05, 0.1) is 6.54 Å². The second kappa shape index (κ2) is 5.66. The molecule has 0 unspecified atom stereocenters.